The number of aromatic amines is 1. The molecule has 32 heavy (non-hydrogen) atoms. The molecule has 11 heteroatoms. The topological polar surface area (TPSA) is 110 Å². The highest BCUT2D eigenvalue weighted by Gasteiger charge is 2.15. The third-order valence-corrected chi connectivity index (χ3v) is 5.11. The van der Waals surface area contributed by atoms with E-state index >= 15 is 0 Å². The second kappa shape index (κ2) is 7.91. The van der Waals surface area contributed by atoms with E-state index in [0.29, 0.717) is 38.5 Å². The molecule has 0 aliphatic heterocycles. The molecule has 0 saturated heterocycles. The lowest BCUT2D eigenvalue weighted by Crippen LogP contribution is -2.00. The van der Waals surface area contributed by atoms with Crippen LogP contribution in [-0.4, -0.2) is 40.2 Å². The van der Waals surface area contributed by atoms with E-state index in [4.69, 9.17) is 33.7 Å². The normalized spacial score (nSPS) is 11.0. The molecule has 9 nitrogen and oxygen atoms in total. The third kappa shape index (κ3) is 3.72. The maximum absolute atomic E-state index is 11.1. The van der Waals surface area contributed by atoms with Crippen molar-refractivity contribution < 1.29 is 14.6 Å². The summed E-state index contributed by atoms with van der Waals surface area (Å²) < 4.78 is 9.76. The Kier molecular flexibility index (Phi) is 4.92. The number of imidazole rings is 1. The first-order valence-corrected chi connectivity index (χ1v) is 10.1. The summed E-state index contributed by atoms with van der Waals surface area (Å²) in [6.07, 6.45) is 5.04. The number of carboxylic acid groups (broad SMARTS) is 1. The Morgan fingerprint density at radius 1 is 1.12 bits per heavy atom. The summed E-state index contributed by atoms with van der Waals surface area (Å²) in [6.45, 7) is 0. The van der Waals surface area contributed by atoms with Gasteiger partial charge in [0.15, 0.2) is 16.3 Å². The Labute approximate surface area is 190 Å². The van der Waals surface area contributed by atoms with Gasteiger partial charge in [0.1, 0.15) is 22.8 Å². The van der Waals surface area contributed by atoms with Gasteiger partial charge >= 0.3 is 5.97 Å². The van der Waals surface area contributed by atoms with Crippen LogP contribution in [0, 0.1) is 4.77 Å². The summed E-state index contributed by atoms with van der Waals surface area (Å²) in [6, 6.07) is 13.6. The number of carbonyl (C=O) groups is 1. The molecular weight excluding hydrogens is 452 g/mol. The lowest BCUT2D eigenvalue weighted by atomic mass is 10.3. The number of nitrogens with one attached hydrogen (secondary N) is 1. The molecule has 0 aliphatic carbocycles. The van der Waals surface area contributed by atoms with Gasteiger partial charge in [0.25, 0.3) is 0 Å². The lowest BCUT2D eigenvalue weighted by molar-refractivity contribution is 0.0690. The van der Waals surface area contributed by atoms with Crippen molar-refractivity contribution in [3.05, 3.63) is 82.6 Å². The van der Waals surface area contributed by atoms with E-state index in [1.165, 1.54) is 12.3 Å². The Bertz CT molecular complexity index is 1520. The standard InChI is InChI=1S/C21H13ClN6O3S/c22-12-6-8-27-11-17(24-18(27)9-12)19-25-26-21(32)28(19)13-1-3-14(4-2-13)31-15-5-7-23-16(10-15)20(29)30/h1-11H,(H,26,32)(H,29,30). The number of nitrogens with zero attached hydrogens (tertiary/aromatic N) is 5. The summed E-state index contributed by atoms with van der Waals surface area (Å²) in [7, 11) is 0. The van der Waals surface area contributed by atoms with Gasteiger partial charge in [-0.05, 0) is 48.6 Å². The minimum Gasteiger partial charge on any atom is -0.477 e. The number of hydrogen-bond acceptors (Lipinski definition) is 6. The van der Waals surface area contributed by atoms with Gasteiger partial charge in [0.2, 0.25) is 0 Å². The molecule has 1 aromatic carbocycles. The molecule has 0 atom stereocenters. The molecule has 0 fully saturated rings. The summed E-state index contributed by atoms with van der Waals surface area (Å²) in [5.74, 6) is 0.315. The zero-order chi connectivity index (χ0) is 22.2. The van der Waals surface area contributed by atoms with Crippen LogP contribution in [0.3, 0.4) is 0 Å². The van der Waals surface area contributed by atoms with Crippen molar-refractivity contribution in [3.63, 3.8) is 0 Å². The zero-order valence-electron chi connectivity index (χ0n) is 16.1. The number of aromatic carboxylic acids is 1. The van der Waals surface area contributed by atoms with E-state index in [0.717, 1.165) is 5.69 Å². The Morgan fingerprint density at radius 3 is 2.72 bits per heavy atom. The van der Waals surface area contributed by atoms with Crippen LogP contribution in [0.4, 0.5) is 0 Å². The highest BCUT2D eigenvalue weighted by atomic mass is 35.5. The van der Waals surface area contributed by atoms with Gasteiger partial charge in [-0.25, -0.2) is 14.8 Å². The largest absolute Gasteiger partial charge is 0.477 e. The second-order valence-electron chi connectivity index (χ2n) is 6.70. The number of fused-ring (bicyclic) bond motifs is 1. The molecule has 4 aromatic heterocycles. The highest BCUT2D eigenvalue weighted by Crippen LogP contribution is 2.26. The lowest BCUT2D eigenvalue weighted by Gasteiger charge is -2.09. The molecular formula is C21H13ClN6O3S. The summed E-state index contributed by atoms with van der Waals surface area (Å²) in [4.78, 5) is 19.5. The molecule has 0 amide bonds. The monoisotopic (exact) mass is 464 g/mol. The first-order valence-electron chi connectivity index (χ1n) is 9.27. The molecule has 4 heterocycles. The summed E-state index contributed by atoms with van der Waals surface area (Å²) in [5, 5.41) is 16.8. The fraction of sp³-hybridized carbons (Fsp3) is 0. The molecule has 158 valence electrons. The average Bonchev–Trinajstić information content (AvgIpc) is 3.37. The minimum absolute atomic E-state index is 0.0952. The van der Waals surface area contributed by atoms with Crippen LogP contribution >= 0.6 is 23.8 Å². The van der Waals surface area contributed by atoms with Gasteiger partial charge in [-0.2, -0.15) is 5.10 Å². The number of carboxylic acids is 1. The van der Waals surface area contributed by atoms with Crippen LogP contribution in [-0.2, 0) is 0 Å². The maximum Gasteiger partial charge on any atom is 0.354 e. The van der Waals surface area contributed by atoms with Gasteiger partial charge < -0.3 is 14.2 Å². The van der Waals surface area contributed by atoms with E-state index in [1.54, 1.807) is 34.9 Å². The van der Waals surface area contributed by atoms with Crippen molar-refractivity contribution in [2.45, 2.75) is 0 Å². The van der Waals surface area contributed by atoms with Gasteiger partial charge in [-0.15, -0.1) is 0 Å². The maximum atomic E-state index is 11.1. The smallest absolute Gasteiger partial charge is 0.354 e. The van der Waals surface area contributed by atoms with Crippen molar-refractivity contribution in [1.82, 2.24) is 29.1 Å². The molecule has 2 N–H and O–H groups in total. The van der Waals surface area contributed by atoms with Gasteiger partial charge in [0, 0.05) is 35.7 Å². The van der Waals surface area contributed by atoms with Crippen molar-refractivity contribution >= 4 is 35.4 Å². The first kappa shape index (κ1) is 19.9. The summed E-state index contributed by atoms with van der Waals surface area (Å²) >= 11 is 11.5. The minimum atomic E-state index is -1.12. The van der Waals surface area contributed by atoms with Crippen LogP contribution in [0.25, 0.3) is 22.9 Å². The number of H-pyrrole nitrogens is 1. The molecule has 5 aromatic rings. The van der Waals surface area contributed by atoms with Crippen molar-refractivity contribution in [2.75, 3.05) is 0 Å². The predicted molar refractivity (Wildman–Crippen MR) is 119 cm³/mol. The van der Waals surface area contributed by atoms with Gasteiger partial charge in [-0.1, -0.05) is 11.6 Å². The average molecular weight is 465 g/mol. The Balaban J connectivity index is 1.47. The zero-order valence-corrected chi connectivity index (χ0v) is 17.7. The molecule has 0 spiro atoms. The second-order valence-corrected chi connectivity index (χ2v) is 7.53. The van der Waals surface area contributed by atoms with Crippen LogP contribution in [0.2, 0.25) is 5.02 Å². The highest BCUT2D eigenvalue weighted by molar-refractivity contribution is 7.71. The molecule has 0 radical (unpaired) electrons. The van der Waals surface area contributed by atoms with E-state index < -0.39 is 5.97 Å². The number of aromatic nitrogens is 6. The number of hydrogen-bond donors (Lipinski definition) is 2. The molecule has 0 bridgehead atoms. The van der Waals surface area contributed by atoms with Crippen molar-refractivity contribution in [1.29, 1.82) is 0 Å². The molecule has 5 rings (SSSR count). The van der Waals surface area contributed by atoms with Crippen LogP contribution < -0.4 is 4.74 Å². The molecule has 0 aliphatic rings. The first-order chi connectivity index (χ1) is 15.5. The van der Waals surface area contributed by atoms with E-state index in [2.05, 4.69) is 20.2 Å². The number of rotatable bonds is 5. The molecule has 0 saturated carbocycles. The Morgan fingerprint density at radius 2 is 1.94 bits per heavy atom. The van der Waals surface area contributed by atoms with Crippen molar-refractivity contribution in [3.8, 4) is 28.7 Å². The van der Waals surface area contributed by atoms with Crippen LogP contribution in [0.15, 0.2) is 67.1 Å². The van der Waals surface area contributed by atoms with Crippen LogP contribution in [0.5, 0.6) is 11.5 Å². The number of pyridine rings is 2. The fourth-order valence-electron chi connectivity index (χ4n) is 3.16. The fourth-order valence-corrected chi connectivity index (χ4v) is 3.56. The quantitative estimate of drug-likeness (QED) is 0.360. The number of ether oxygens (including phenoxy) is 1. The van der Waals surface area contributed by atoms with E-state index in [-0.39, 0.29) is 5.69 Å². The van der Waals surface area contributed by atoms with Crippen LogP contribution in [0.1, 0.15) is 10.5 Å². The predicted octanol–water partition coefficient (Wildman–Crippen LogP) is 4.78. The van der Waals surface area contributed by atoms with E-state index in [1.807, 2.05) is 28.9 Å². The molecule has 0 unspecified atom stereocenters. The number of benzene rings is 1. The van der Waals surface area contributed by atoms with E-state index in [9.17, 15) is 4.79 Å². The Hall–Kier alpha value is -4.02. The van der Waals surface area contributed by atoms with Gasteiger partial charge in [0.05, 0.1) is 5.69 Å². The van der Waals surface area contributed by atoms with Crippen molar-refractivity contribution in [2.24, 2.45) is 0 Å². The number of halogens is 1. The van der Waals surface area contributed by atoms with Gasteiger partial charge in [-0.3, -0.25) is 9.67 Å². The third-order valence-electron chi connectivity index (χ3n) is 4.60. The SMILES string of the molecule is O=C(O)c1cc(Oc2ccc(-n3c(-c4cn5ccc(Cl)cc5n4)n[nH]c3=S)cc2)ccn1. The summed E-state index contributed by atoms with van der Waals surface area (Å²) in [5.41, 5.74) is 1.97.